The van der Waals surface area contributed by atoms with Crippen LogP contribution in [0, 0.1) is 0 Å². The van der Waals surface area contributed by atoms with E-state index in [4.69, 9.17) is 5.73 Å². The van der Waals surface area contributed by atoms with Crippen molar-refractivity contribution in [3.8, 4) is 0 Å². The highest BCUT2D eigenvalue weighted by Crippen LogP contribution is 2.22. The Morgan fingerprint density at radius 2 is 2.00 bits per heavy atom. The van der Waals surface area contributed by atoms with Gasteiger partial charge in [0.2, 0.25) is 0 Å². The normalized spacial score (nSPS) is 17.7. The number of nitrogens with two attached hydrogens (primary N) is 1. The van der Waals surface area contributed by atoms with Crippen LogP contribution in [0.15, 0.2) is 18.5 Å². The van der Waals surface area contributed by atoms with E-state index in [9.17, 15) is 5.11 Å². The largest absolute Gasteiger partial charge is 0.396 e. The molecule has 2 rings (SSSR count). The summed E-state index contributed by atoms with van der Waals surface area (Å²) in [5.41, 5.74) is 7.20. The second-order valence-corrected chi connectivity index (χ2v) is 5.83. The zero-order valence-corrected chi connectivity index (χ0v) is 11.8. The first-order valence-corrected chi connectivity index (χ1v) is 6.85. The number of hydrogen-bond acceptors (Lipinski definition) is 5. The van der Waals surface area contributed by atoms with Gasteiger partial charge in [0, 0.05) is 38.9 Å². The third kappa shape index (κ3) is 4.08. The van der Waals surface area contributed by atoms with Gasteiger partial charge in [-0.1, -0.05) is 0 Å². The second-order valence-electron chi connectivity index (χ2n) is 5.83. The van der Waals surface area contributed by atoms with Crippen molar-refractivity contribution < 1.29 is 5.11 Å². The molecule has 1 aromatic rings. The lowest BCUT2D eigenvalue weighted by Gasteiger charge is -2.37. The number of rotatable bonds is 4. The summed E-state index contributed by atoms with van der Waals surface area (Å²) in [6.07, 6.45) is 4.30. The minimum atomic E-state index is -0.577. The Morgan fingerprint density at radius 3 is 2.58 bits per heavy atom. The topological polar surface area (TPSA) is 65.6 Å². The number of nitrogen functional groups attached to an aromatic ring is 1. The molecule has 1 saturated heterocycles. The number of aromatic nitrogens is 1. The molecular weight excluding hydrogens is 240 g/mol. The van der Waals surface area contributed by atoms with E-state index in [0.29, 0.717) is 0 Å². The number of pyridine rings is 1. The molecule has 0 unspecified atom stereocenters. The summed E-state index contributed by atoms with van der Waals surface area (Å²) in [5.74, 6) is 0. The highest BCUT2D eigenvalue weighted by molar-refractivity contribution is 5.66. The monoisotopic (exact) mass is 264 g/mol. The first-order valence-electron chi connectivity index (χ1n) is 6.85. The molecule has 5 heteroatoms. The van der Waals surface area contributed by atoms with Gasteiger partial charge in [0.05, 0.1) is 23.2 Å². The molecule has 1 aliphatic heterocycles. The van der Waals surface area contributed by atoms with Gasteiger partial charge in [-0.15, -0.1) is 0 Å². The third-order valence-corrected chi connectivity index (χ3v) is 3.58. The molecule has 1 aromatic heterocycles. The van der Waals surface area contributed by atoms with Crippen molar-refractivity contribution in [2.24, 2.45) is 0 Å². The maximum Gasteiger partial charge on any atom is 0.0738 e. The molecule has 0 radical (unpaired) electrons. The lowest BCUT2D eigenvalue weighted by atomic mass is 10.1. The smallest absolute Gasteiger partial charge is 0.0738 e. The van der Waals surface area contributed by atoms with Gasteiger partial charge in [-0.25, -0.2) is 0 Å². The quantitative estimate of drug-likeness (QED) is 0.847. The first-order chi connectivity index (χ1) is 8.96. The maximum atomic E-state index is 9.75. The van der Waals surface area contributed by atoms with Crippen molar-refractivity contribution in [1.82, 2.24) is 9.88 Å². The van der Waals surface area contributed by atoms with Crippen LogP contribution < -0.4 is 10.6 Å². The summed E-state index contributed by atoms with van der Waals surface area (Å²) in [4.78, 5) is 8.72. The van der Waals surface area contributed by atoms with Crippen molar-refractivity contribution in [3.63, 3.8) is 0 Å². The molecule has 5 nitrogen and oxygen atoms in total. The van der Waals surface area contributed by atoms with Gasteiger partial charge in [0.15, 0.2) is 0 Å². The van der Waals surface area contributed by atoms with Crippen LogP contribution in [0.2, 0.25) is 0 Å². The SMILES string of the molecule is CC(C)(O)CCN1CCN(c2ccncc2N)CC1. The molecule has 0 bridgehead atoms. The third-order valence-electron chi connectivity index (χ3n) is 3.58. The zero-order chi connectivity index (χ0) is 13.9. The molecule has 3 N–H and O–H groups in total. The van der Waals surface area contributed by atoms with Crippen LogP contribution >= 0.6 is 0 Å². The van der Waals surface area contributed by atoms with E-state index in [1.807, 2.05) is 19.9 Å². The number of aliphatic hydroxyl groups is 1. The van der Waals surface area contributed by atoms with Gasteiger partial charge in [0.1, 0.15) is 0 Å². The Balaban J connectivity index is 1.84. The molecule has 0 aliphatic carbocycles. The Bertz CT molecular complexity index is 408. The standard InChI is InChI=1S/C14H24N4O/c1-14(2,19)4-6-17-7-9-18(10-8-17)13-3-5-16-11-12(13)15/h3,5,11,19H,4,6-10,15H2,1-2H3. The first kappa shape index (κ1) is 14.1. The van der Waals surface area contributed by atoms with Crippen molar-refractivity contribution in [1.29, 1.82) is 0 Å². The fourth-order valence-electron chi connectivity index (χ4n) is 2.33. The molecular formula is C14H24N4O. The summed E-state index contributed by atoms with van der Waals surface area (Å²) >= 11 is 0. The second kappa shape index (κ2) is 5.75. The lowest BCUT2D eigenvalue weighted by Crippen LogP contribution is -2.47. The van der Waals surface area contributed by atoms with E-state index < -0.39 is 5.60 Å². The van der Waals surface area contributed by atoms with Gasteiger partial charge in [0.25, 0.3) is 0 Å². The summed E-state index contributed by atoms with van der Waals surface area (Å²) in [7, 11) is 0. The van der Waals surface area contributed by atoms with Crippen molar-refractivity contribution >= 4 is 11.4 Å². The van der Waals surface area contributed by atoms with E-state index in [-0.39, 0.29) is 0 Å². The Hall–Kier alpha value is -1.33. The van der Waals surface area contributed by atoms with Crippen LogP contribution in [-0.2, 0) is 0 Å². The average Bonchev–Trinajstić information content (AvgIpc) is 2.37. The van der Waals surface area contributed by atoms with Crippen molar-refractivity contribution in [2.45, 2.75) is 25.9 Å². The molecule has 0 aromatic carbocycles. The van der Waals surface area contributed by atoms with Gasteiger partial charge in [-0.05, 0) is 26.3 Å². The highest BCUT2D eigenvalue weighted by Gasteiger charge is 2.20. The minimum absolute atomic E-state index is 0.577. The molecule has 2 heterocycles. The Morgan fingerprint density at radius 1 is 1.32 bits per heavy atom. The summed E-state index contributed by atoms with van der Waals surface area (Å²) in [5, 5.41) is 9.75. The summed E-state index contributed by atoms with van der Waals surface area (Å²) < 4.78 is 0. The zero-order valence-electron chi connectivity index (χ0n) is 11.8. The van der Waals surface area contributed by atoms with Gasteiger partial charge in [-0.3, -0.25) is 9.88 Å². The fraction of sp³-hybridized carbons (Fsp3) is 0.643. The van der Waals surface area contributed by atoms with Crippen LogP contribution in [0.3, 0.4) is 0 Å². The van der Waals surface area contributed by atoms with Crippen LogP contribution in [0.4, 0.5) is 11.4 Å². The molecule has 106 valence electrons. The van der Waals surface area contributed by atoms with Crippen LogP contribution in [0.5, 0.6) is 0 Å². The van der Waals surface area contributed by atoms with Gasteiger partial charge < -0.3 is 15.7 Å². The molecule has 0 spiro atoms. The summed E-state index contributed by atoms with van der Waals surface area (Å²) in [6.45, 7) is 8.64. The Kier molecular flexibility index (Phi) is 4.27. The number of anilines is 2. The van der Waals surface area contributed by atoms with Gasteiger partial charge >= 0.3 is 0 Å². The van der Waals surface area contributed by atoms with E-state index in [1.54, 1.807) is 12.4 Å². The highest BCUT2D eigenvalue weighted by atomic mass is 16.3. The van der Waals surface area contributed by atoms with E-state index in [1.165, 1.54) is 0 Å². The van der Waals surface area contributed by atoms with Gasteiger partial charge in [-0.2, -0.15) is 0 Å². The van der Waals surface area contributed by atoms with Crippen molar-refractivity contribution in [2.75, 3.05) is 43.4 Å². The molecule has 0 amide bonds. The Labute approximate surface area is 115 Å². The minimum Gasteiger partial charge on any atom is -0.396 e. The summed E-state index contributed by atoms with van der Waals surface area (Å²) in [6, 6.07) is 1.97. The molecule has 0 saturated carbocycles. The molecule has 1 fully saturated rings. The van der Waals surface area contributed by atoms with E-state index in [0.717, 1.165) is 50.5 Å². The van der Waals surface area contributed by atoms with E-state index >= 15 is 0 Å². The fourth-order valence-corrected chi connectivity index (χ4v) is 2.33. The van der Waals surface area contributed by atoms with Crippen LogP contribution in [0.25, 0.3) is 0 Å². The average molecular weight is 264 g/mol. The molecule has 1 aliphatic rings. The van der Waals surface area contributed by atoms with E-state index in [2.05, 4.69) is 14.8 Å². The predicted octanol–water partition coefficient (Wildman–Crippen LogP) is 0.947. The predicted molar refractivity (Wildman–Crippen MR) is 78.2 cm³/mol. The van der Waals surface area contributed by atoms with Crippen LogP contribution in [-0.4, -0.2) is 53.3 Å². The number of nitrogens with zero attached hydrogens (tertiary/aromatic N) is 3. The lowest BCUT2D eigenvalue weighted by molar-refractivity contribution is 0.0569. The maximum absolute atomic E-state index is 9.75. The molecule has 19 heavy (non-hydrogen) atoms. The number of hydrogen-bond donors (Lipinski definition) is 2. The molecule has 0 atom stereocenters. The van der Waals surface area contributed by atoms with Crippen LogP contribution in [0.1, 0.15) is 20.3 Å². The number of piperazine rings is 1. The van der Waals surface area contributed by atoms with Crippen molar-refractivity contribution in [3.05, 3.63) is 18.5 Å².